The fourth-order valence-electron chi connectivity index (χ4n) is 2.41. The lowest BCUT2D eigenvalue weighted by Gasteiger charge is -2.20. The molecule has 0 saturated carbocycles. The number of benzene rings is 2. The lowest BCUT2D eigenvalue weighted by Crippen LogP contribution is -2.29. The lowest BCUT2D eigenvalue weighted by molar-refractivity contribution is 0.0137. The van der Waals surface area contributed by atoms with Gasteiger partial charge in [0.2, 0.25) is 0 Å². The van der Waals surface area contributed by atoms with Crippen molar-refractivity contribution >= 4 is 23.4 Å². The van der Waals surface area contributed by atoms with Crippen molar-refractivity contribution in [3.63, 3.8) is 0 Å². The van der Waals surface area contributed by atoms with Crippen LogP contribution in [0, 0.1) is 6.92 Å². The van der Waals surface area contributed by atoms with E-state index in [1.807, 2.05) is 30.3 Å². The number of rotatable bonds is 7. The van der Waals surface area contributed by atoms with Gasteiger partial charge in [0.25, 0.3) is 0 Å². The van der Waals surface area contributed by atoms with E-state index in [2.05, 4.69) is 5.32 Å². The van der Waals surface area contributed by atoms with Gasteiger partial charge in [-0.1, -0.05) is 41.9 Å². The zero-order valence-electron chi connectivity index (χ0n) is 14.5. The van der Waals surface area contributed by atoms with Gasteiger partial charge in [-0.25, -0.2) is 4.79 Å². The van der Waals surface area contributed by atoms with E-state index in [9.17, 15) is 15.0 Å². The Hall–Kier alpha value is -2.28. The summed E-state index contributed by atoms with van der Waals surface area (Å²) >= 11 is 6.08. The Morgan fingerprint density at radius 2 is 1.96 bits per heavy atom. The van der Waals surface area contributed by atoms with Crippen molar-refractivity contribution in [1.82, 2.24) is 5.32 Å². The number of nitrogen functional groups attached to an aromatic ring is 1. The maximum Gasteiger partial charge on any atom is 0.407 e. The van der Waals surface area contributed by atoms with Crippen LogP contribution in [0.15, 0.2) is 42.5 Å². The highest BCUT2D eigenvalue weighted by Crippen LogP contribution is 2.30. The molecule has 0 aliphatic rings. The SMILES string of the molecule is Cc1cc(C(O)C(O)CCNC(=O)OCc2ccccc2)c(Cl)cc1N. The molecule has 2 rings (SSSR count). The van der Waals surface area contributed by atoms with Crippen LogP contribution in [0.25, 0.3) is 0 Å². The van der Waals surface area contributed by atoms with Crippen molar-refractivity contribution in [2.24, 2.45) is 0 Å². The molecule has 0 aliphatic heterocycles. The summed E-state index contributed by atoms with van der Waals surface area (Å²) in [6.07, 6.45) is -2.72. The maximum absolute atomic E-state index is 11.7. The third-order valence-corrected chi connectivity index (χ3v) is 4.32. The molecule has 0 aliphatic carbocycles. The van der Waals surface area contributed by atoms with Crippen molar-refractivity contribution < 1.29 is 19.7 Å². The fourth-order valence-corrected chi connectivity index (χ4v) is 2.69. The smallest absolute Gasteiger partial charge is 0.407 e. The van der Waals surface area contributed by atoms with Gasteiger partial charge in [0.15, 0.2) is 0 Å². The van der Waals surface area contributed by atoms with Crippen LogP contribution in [-0.4, -0.2) is 29.0 Å². The third kappa shape index (κ3) is 5.62. The minimum atomic E-state index is -1.18. The van der Waals surface area contributed by atoms with Gasteiger partial charge in [-0.3, -0.25) is 0 Å². The normalized spacial score (nSPS) is 13.1. The summed E-state index contributed by atoms with van der Waals surface area (Å²) in [4.78, 5) is 11.7. The van der Waals surface area contributed by atoms with E-state index in [0.29, 0.717) is 11.3 Å². The van der Waals surface area contributed by atoms with E-state index in [1.54, 1.807) is 19.1 Å². The topological polar surface area (TPSA) is 105 Å². The van der Waals surface area contributed by atoms with E-state index >= 15 is 0 Å². The number of ether oxygens (including phenoxy) is 1. The second-order valence-corrected chi connectivity index (χ2v) is 6.43. The predicted molar refractivity (Wildman–Crippen MR) is 101 cm³/mol. The standard InChI is InChI=1S/C19H23ClN2O4/c1-12-9-14(15(20)10-16(12)21)18(24)17(23)7-8-22-19(25)26-11-13-5-3-2-4-6-13/h2-6,9-10,17-18,23-24H,7-8,11,21H2,1H3,(H,22,25). The highest BCUT2D eigenvalue weighted by molar-refractivity contribution is 6.31. The van der Waals surface area contributed by atoms with Gasteiger partial charge < -0.3 is 26.0 Å². The Bertz CT molecular complexity index is 740. The van der Waals surface area contributed by atoms with Gasteiger partial charge in [0.1, 0.15) is 12.7 Å². The molecule has 0 spiro atoms. The second kappa shape index (κ2) is 9.43. The quantitative estimate of drug-likeness (QED) is 0.554. The van der Waals surface area contributed by atoms with Crippen molar-refractivity contribution in [3.8, 4) is 0 Å². The molecular formula is C19H23ClN2O4. The van der Waals surface area contributed by atoms with Crippen LogP contribution in [0.1, 0.15) is 29.2 Å². The molecule has 1 amide bonds. The van der Waals surface area contributed by atoms with Crippen LogP contribution in [0.3, 0.4) is 0 Å². The predicted octanol–water partition coefficient (Wildman–Crippen LogP) is 2.94. The van der Waals surface area contributed by atoms with Crippen molar-refractivity contribution in [2.75, 3.05) is 12.3 Å². The van der Waals surface area contributed by atoms with Gasteiger partial charge in [-0.2, -0.15) is 0 Å². The summed E-state index contributed by atoms with van der Waals surface area (Å²) in [5.41, 5.74) is 8.32. The molecule has 0 heterocycles. The summed E-state index contributed by atoms with van der Waals surface area (Å²) in [7, 11) is 0. The highest BCUT2D eigenvalue weighted by Gasteiger charge is 2.21. The number of halogens is 1. The number of hydrogen-bond acceptors (Lipinski definition) is 5. The van der Waals surface area contributed by atoms with Crippen LogP contribution in [0.5, 0.6) is 0 Å². The van der Waals surface area contributed by atoms with E-state index in [0.717, 1.165) is 11.1 Å². The van der Waals surface area contributed by atoms with Crippen LogP contribution < -0.4 is 11.1 Å². The molecule has 7 heteroatoms. The Kier molecular flexibility index (Phi) is 7.26. The van der Waals surface area contributed by atoms with E-state index < -0.39 is 18.3 Å². The maximum atomic E-state index is 11.7. The van der Waals surface area contributed by atoms with E-state index in [1.165, 1.54) is 0 Å². The molecule has 26 heavy (non-hydrogen) atoms. The summed E-state index contributed by atoms with van der Waals surface area (Å²) in [6.45, 7) is 2.11. The zero-order chi connectivity index (χ0) is 19.1. The largest absolute Gasteiger partial charge is 0.445 e. The lowest BCUT2D eigenvalue weighted by atomic mass is 9.99. The van der Waals surface area contributed by atoms with Crippen LogP contribution in [-0.2, 0) is 11.3 Å². The number of carbonyl (C=O) groups is 1. The van der Waals surface area contributed by atoms with Gasteiger partial charge in [-0.15, -0.1) is 0 Å². The summed E-state index contributed by atoms with van der Waals surface area (Å²) in [6, 6.07) is 12.5. The van der Waals surface area contributed by atoms with Gasteiger partial charge >= 0.3 is 6.09 Å². The molecular weight excluding hydrogens is 356 g/mol. The number of nitrogens with two attached hydrogens (primary N) is 1. The molecule has 5 N–H and O–H groups in total. The van der Waals surface area contributed by atoms with Crippen LogP contribution in [0.4, 0.5) is 10.5 Å². The fraction of sp³-hybridized carbons (Fsp3) is 0.316. The summed E-state index contributed by atoms with van der Waals surface area (Å²) in [5, 5.41) is 23.3. The monoisotopic (exact) mass is 378 g/mol. The first kappa shape index (κ1) is 20.0. The molecule has 0 bridgehead atoms. The minimum Gasteiger partial charge on any atom is -0.445 e. The Morgan fingerprint density at radius 1 is 1.27 bits per heavy atom. The molecule has 140 valence electrons. The molecule has 2 aromatic rings. The number of aliphatic hydroxyl groups is 2. The molecule has 2 unspecified atom stereocenters. The average molecular weight is 379 g/mol. The first-order chi connectivity index (χ1) is 12.4. The second-order valence-electron chi connectivity index (χ2n) is 6.02. The summed E-state index contributed by atoms with van der Waals surface area (Å²) in [5.74, 6) is 0. The number of alkyl carbamates (subject to hydrolysis) is 1. The Morgan fingerprint density at radius 3 is 2.65 bits per heavy atom. The van der Waals surface area contributed by atoms with Crippen molar-refractivity contribution in [2.45, 2.75) is 32.2 Å². The summed E-state index contributed by atoms with van der Waals surface area (Å²) < 4.78 is 5.07. The Balaban J connectivity index is 1.78. The van der Waals surface area contributed by atoms with Gasteiger partial charge in [0.05, 0.1) is 6.10 Å². The highest BCUT2D eigenvalue weighted by atomic mass is 35.5. The van der Waals surface area contributed by atoms with Crippen LogP contribution in [0.2, 0.25) is 5.02 Å². The van der Waals surface area contributed by atoms with Gasteiger partial charge in [-0.05, 0) is 36.6 Å². The molecule has 0 saturated heterocycles. The number of amides is 1. The average Bonchev–Trinajstić information content (AvgIpc) is 2.63. The van der Waals surface area contributed by atoms with E-state index in [4.69, 9.17) is 22.1 Å². The van der Waals surface area contributed by atoms with Crippen molar-refractivity contribution in [3.05, 3.63) is 64.2 Å². The molecule has 6 nitrogen and oxygen atoms in total. The first-order valence-electron chi connectivity index (χ1n) is 8.24. The number of nitrogens with one attached hydrogen (secondary N) is 1. The number of aryl methyl sites for hydroxylation is 1. The zero-order valence-corrected chi connectivity index (χ0v) is 15.2. The molecule has 0 radical (unpaired) electrons. The van der Waals surface area contributed by atoms with Gasteiger partial charge in [0, 0.05) is 22.8 Å². The number of carbonyl (C=O) groups excluding carboxylic acids is 1. The molecule has 2 atom stereocenters. The van der Waals surface area contributed by atoms with E-state index in [-0.39, 0.29) is 24.6 Å². The number of hydrogen-bond donors (Lipinski definition) is 4. The minimum absolute atomic E-state index is 0.140. The molecule has 0 fully saturated rings. The molecule has 0 aromatic heterocycles. The number of anilines is 1. The Labute approximate surface area is 157 Å². The van der Waals surface area contributed by atoms with Crippen LogP contribution >= 0.6 is 11.6 Å². The first-order valence-corrected chi connectivity index (χ1v) is 8.62. The van der Waals surface area contributed by atoms with Crippen molar-refractivity contribution in [1.29, 1.82) is 0 Å². The number of aliphatic hydroxyl groups excluding tert-OH is 2. The third-order valence-electron chi connectivity index (χ3n) is 3.99. The molecule has 2 aromatic carbocycles.